The Bertz CT molecular complexity index is 292. The molecule has 0 aromatic carbocycles. The van der Waals surface area contributed by atoms with Crippen LogP contribution in [-0.4, -0.2) is 61.5 Å². The summed E-state index contributed by atoms with van der Waals surface area (Å²) in [6.45, 7) is 11.9. The number of nitrogens with one attached hydrogen (secondary N) is 1. The molecule has 0 spiro atoms. The molecule has 0 aromatic heterocycles. The number of piperidine rings is 1. The number of amides is 1. The summed E-state index contributed by atoms with van der Waals surface area (Å²) in [4.78, 5) is 16.9. The molecule has 2 aliphatic rings. The molecule has 20 heavy (non-hydrogen) atoms. The molecule has 0 unspecified atom stereocenters. The topological polar surface area (TPSA) is 35.6 Å². The maximum absolute atomic E-state index is 12.3. The second-order valence-electron chi connectivity index (χ2n) is 6.80. The number of carbonyl (C=O) groups is 1. The van der Waals surface area contributed by atoms with Crippen molar-refractivity contribution in [3.8, 4) is 0 Å². The first-order valence-electron chi connectivity index (χ1n) is 8.36. The van der Waals surface area contributed by atoms with Gasteiger partial charge in [0.15, 0.2) is 0 Å². The van der Waals surface area contributed by atoms with Crippen molar-refractivity contribution in [1.82, 2.24) is 15.1 Å². The SMILES string of the molecule is CC(C)CCN1CCN(C(=O)CC2CCNCC2)CC1. The first-order chi connectivity index (χ1) is 9.65. The summed E-state index contributed by atoms with van der Waals surface area (Å²) in [5.74, 6) is 1.78. The summed E-state index contributed by atoms with van der Waals surface area (Å²) >= 11 is 0. The van der Waals surface area contributed by atoms with Gasteiger partial charge in [-0.3, -0.25) is 9.69 Å². The molecule has 1 amide bonds. The zero-order valence-electron chi connectivity index (χ0n) is 13.2. The Kier molecular flexibility index (Phi) is 6.30. The van der Waals surface area contributed by atoms with Gasteiger partial charge in [0.25, 0.3) is 0 Å². The van der Waals surface area contributed by atoms with Gasteiger partial charge >= 0.3 is 0 Å². The van der Waals surface area contributed by atoms with Gasteiger partial charge in [-0.1, -0.05) is 13.8 Å². The van der Waals surface area contributed by atoms with Crippen LogP contribution in [0.1, 0.15) is 39.5 Å². The Morgan fingerprint density at radius 2 is 1.80 bits per heavy atom. The maximum atomic E-state index is 12.3. The lowest BCUT2D eigenvalue weighted by Crippen LogP contribution is -2.49. The average molecular weight is 281 g/mol. The molecule has 2 aliphatic heterocycles. The molecule has 0 bridgehead atoms. The van der Waals surface area contributed by atoms with E-state index in [4.69, 9.17) is 0 Å². The van der Waals surface area contributed by atoms with Gasteiger partial charge in [-0.2, -0.15) is 0 Å². The van der Waals surface area contributed by atoms with E-state index in [9.17, 15) is 4.79 Å². The van der Waals surface area contributed by atoms with Crippen molar-refractivity contribution in [3.63, 3.8) is 0 Å². The van der Waals surface area contributed by atoms with Crippen LogP contribution in [0, 0.1) is 11.8 Å². The van der Waals surface area contributed by atoms with E-state index in [1.165, 1.54) is 25.8 Å². The van der Waals surface area contributed by atoms with Gasteiger partial charge < -0.3 is 10.2 Å². The highest BCUT2D eigenvalue weighted by molar-refractivity contribution is 5.76. The van der Waals surface area contributed by atoms with E-state index >= 15 is 0 Å². The number of hydrogen-bond donors (Lipinski definition) is 1. The van der Waals surface area contributed by atoms with E-state index in [1.54, 1.807) is 0 Å². The summed E-state index contributed by atoms with van der Waals surface area (Å²) in [5.41, 5.74) is 0. The summed E-state index contributed by atoms with van der Waals surface area (Å²) in [6.07, 6.45) is 4.37. The molecule has 0 radical (unpaired) electrons. The molecule has 2 heterocycles. The van der Waals surface area contributed by atoms with E-state index < -0.39 is 0 Å². The van der Waals surface area contributed by atoms with Crippen LogP contribution in [0.25, 0.3) is 0 Å². The minimum absolute atomic E-state index is 0.389. The Balaban J connectivity index is 1.66. The minimum Gasteiger partial charge on any atom is -0.340 e. The van der Waals surface area contributed by atoms with Crippen LogP contribution in [0.3, 0.4) is 0 Å². The third-order valence-corrected chi connectivity index (χ3v) is 4.67. The van der Waals surface area contributed by atoms with E-state index in [0.717, 1.165) is 51.6 Å². The minimum atomic E-state index is 0.389. The van der Waals surface area contributed by atoms with Crippen molar-refractivity contribution in [1.29, 1.82) is 0 Å². The Hall–Kier alpha value is -0.610. The van der Waals surface area contributed by atoms with Gasteiger partial charge in [0.1, 0.15) is 0 Å². The summed E-state index contributed by atoms with van der Waals surface area (Å²) in [6, 6.07) is 0. The normalized spacial score (nSPS) is 22.4. The van der Waals surface area contributed by atoms with Crippen LogP contribution in [0.4, 0.5) is 0 Å². The highest BCUT2D eigenvalue weighted by atomic mass is 16.2. The smallest absolute Gasteiger partial charge is 0.222 e. The van der Waals surface area contributed by atoms with Crippen LogP contribution in [0.15, 0.2) is 0 Å². The van der Waals surface area contributed by atoms with Crippen molar-refractivity contribution in [2.45, 2.75) is 39.5 Å². The first kappa shape index (κ1) is 15.8. The van der Waals surface area contributed by atoms with Gasteiger partial charge in [0, 0.05) is 32.6 Å². The monoisotopic (exact) mass is 281 g/mol. The number of carbonyl (C=O) groups excluding carboxylic acids is 1. The fraction of sp³-hybridized carbons (Fsp3) is 0.938. The molecular weight excluding hydrogens is 250 g/mol. The van der Waals surface area contributed by atoms with Gasteiger partial charge in [0.05, 0.1) is 0 Å². The molecule has 4 nitrogen and oxygen atoms in total. The van der Waals surface area contributed by atoms with Crippen molar-refractivity contribution in [3.05, 3.63) is 0 Å². The van der Waals surface area contributed by atoms with Crippen molar-refractivity contribution < 1.29 is 4.79 Å². The Morgan fingerprint density at radius 1 is 1.15 bits per heavy atom. The van der Waals surface area contributed by atoms with Crippen molar-refractivity contribution in [2.75, 3.05) is 45.8 Å². The van der Waals surface area contributed by atoms with E-state index in [2.05, 4.69) is 29.0 Å². The Labute approximate surface area is 123 Å². The highest BCUT2D eigenvalue weighted by Crippen LogP contribution is 2.18. The third-order valence-electron chi connectivity index (χ3n) is 4.67. The number of nitrogens with zero attached hydrogens (tertiary/aromatic N) is 2. The molecule has 2 rings (SSSR count). The van der Waals surface area contributed by atoms with Gasteiger partial charge in [-0.05, 0) is 50.7 Å². The van der Waals surface area contributed by atoms with Crippen LogP contribution in [0.5, 0.6) is 0 Å². The number of piperazine rings is 1. The van der Waals surface area contributed by atoms with Gasteiger partial charge in [-0.15, -0.1) is 0 Å². The van der Waals surface area contributed by atoms with E-state index in [0.29, 0.717) is 11.8 Å². The Morgan fingerprint density at radius 3 is 2.40 bits per heavy atom. The van der Waals surface area contributed by atoms with Crippen LogP contribution >= 0.6 is 0 Å². The lowest BCUT2D eigenvalue weighted by Gasteiger charge is -2.36. The molecule has 4 heteroatoms. The van der Waals surface area contributed by atoms with Gasteiger partial charge in [-0.25, -0.2) is 0 Å². The summed E-state index contributed by atoms with van der Waals surface area (Å²) in [5, 5.41) is 3.36. The zero-order chi connectivity index (χ0) is 14.4. The average Bonchev–Trinajstić information content (AvgIpc) is 2.46. The second-order valence-corrected chi connectivity index (χ2v) is 6.80. The van der Waals surface area contributed by atoms with E-state index in [1.807, 2.05) is 0 Å². The lowest BCUT2D eigenvalue weighted by atomic mass is 9.94. The number of rotatable bonds is 5. The summed E-state index contributed by atoms with van der Waals surface area (Å²) in [7, 11) is 0. The maximum Gasteiger partial charge on any atom is 0.222 e. The molecule has 116 valence electrons. The highest BCUT2D eigenvalue weighted by Gasteiger charge is 2.24. The molecule has 1 N–H and O–H groups in total. The van der Waals surface area contributed by atoms with Crippen LogP contribution in [-0.2, 0) is 4.79 Å². The third kappa shape index (κ3) is 5.06. The van der Waals surface area contributed by atoms with Crippen molar-refractivity contribution >= 4 is 5.91 Å². The fourth-order valence-corrected chi connectivity index (χ4v) is 3.12. The largest absolute Gasteiger partial charge is 0.340 e. The molecule has 0 saturated carbocycles. The van der Waals surface area contributed by atoms with Crippen LogP contribution < -0.4 is 5.32 Å². The fourth-order valence-electron chi connectivity index (χ4n) is 3.12. The quantitative estimate of drug-likeness (QED) is 0.831. The molecule has 0 aromatic rings. The van der Waals surface area contributed by atoms with E-state index in [-0.39, 0.29) is 0 Å². The molecule has 0 aliphatic carbocycles. The lowest BCUT2D eigenvalue weighted by molar-refractivity contribution is -0.134. The standard InChI is InChI=1S/C16H31N3O/c1-14(2)5-8-18-9-11-19(12-10-18)16(20)13-15-3-6-17-7-4-15/h14-15,17H,3-13H2,1-2H3. The number of hydrogen-bond acceptors (Lipinski definition) is 3. The zero-order valence-corrected chi connectivity index (χ0v) is 13.2. The molecule has 2 saturated heterocycles. The molecule has 2 fully saturated rings. The predicted molar refractivity (Wildman–Crippen MR) is 82.7 cm³/mol. The first-order valence-corrected chi connectivity index (χ1v) is 8.36. The van der Waals surface area contributed by atoms with Crippen LogP contribution in [0.2, 0.25) is 0 Å². The van der Waals surface area contributed by atoms with Crippen molar-refractivity contribution in [2.24, 2.45) is 11.8 Å². The molecule has 0 atom stereocenters. The summed E-state index contributed by atoms with van der Waals surface area (Å²) < 4.78 is 0. The molecular formula is C16H31N3O. The predicted octanol–water partition coefficient (Wildman–Crippen LogP) is 1.57. The van der Waals surface area contributed by atoms with Gasteiger partial charge in [0.2, 0.25) is 5.91 Å². The second kappa shape index (κ2) is 7.99.